The molecule has 0 spiro atoms. The Labute approximate surface area is 94.0 Å². The van der Waals surface area contributed by atoms with Crippen molar-refractivity contribution in [2.24, 2.45) is 0 Å². The monoisotopic (exact) mass is 250 g/mol. The second-order valence-corrected chi connectivity index (χ2v) is 3.38. The van der Waals surface area contributed by atoms with E-state index < -0.39 is 23.3 Å². The topological polar surface area (TPSA) is 37.3 Å². The van der Waals surface area contributed by atoms with Crippen LogP contribution in [0.1, 0.15) is 11.1 Å². The molecule has 0 unspecified atom stereocenters. The summed E-state index contributed by atoms with van der Waals surface area (Å²) < 4.78 is 37.0. The van der Waals surface area contributed by atoms with Gasteiger partial charge in [-0.3, -0.25) is 0 Å². The third-order valence-electron chi connectivity index (χ3n) is 1.88. The molecule has 0 radical (unpaired) electrons. The van der Waals surface area contributed by atoms with Gasteiger partial charge in [-0.15, -0.1) is 0 Å². The van der Waals surface area contributed by atoms with Crippen molar-refractivity contribution in [1.29, 1.82) is 0 Å². The molecule has 0 saturated carbocycles. The molecule has 2 nitrogen and oxygen atoms in total. The zero-order chi connectivity index (χ0) is 12.5. The predicted octanol–water partition coefficient (Wildman–Crippen LogP) is 3.46. The third kappa shape index (κ3) is 2.55. The molecule has 1 N–H and O–H groups in total. The van der Waals surface area contributed by atoms with Crippen LogP contribution < -0.4 is 0 Å². The minimum atomic E-state index is -4.54. The first-order valence-corrected chi connectivity index (χ1v) is 4.40. The number of carbonyl (C=O) groups is 1. The quantitative estimate of drug-likeness (QED) is 0.816. The molecule has 0 fully saturated rings. The molecule has 0 aliphatic heterocycles. The van der Waals surface area contributed by atoms with Gasteiger partial charge in [-0.2, -0.15) is 13.2 Å². The van der Waals surface area contributed by atoms with Crippen molar-refractivity contribution in [2.45, 2.75) is 6.18 Å². The van der Waals surface area contributed by atoms with Gasteiger partial charge >= 0.3 is 12.1 Å². The molecule has 0 bridgehead atoms. The minimum absolute atomic E-state index is 0.0830. The predicted molar refractivity (Wildman–Crippen MR) is 53.1 cm³/mol. The van der Waals surface area contributed by atoms with Crippen LogP contribution in [0.3, 0.4) is 0 Å². The van der Waals surface area contributed by atoms with Gasteiger partial charge in [0.15, 0.2) is 0 Å². The summed E-state index contributed by atoms with van der Waals surface area (Å²) in [4.78, 5) is 10.6. The molecule has 86 valence electrons. The Kier molecular flexibility index (Phi) is 3.28. The van der Waals surface area contributed by atoms with E-state index in [2.05, 4.69) is 6.58 Å². The maximum atomic E-state index is 12.3. The zero-order valence-electron chi connectivity index (χ0n) is 7.81. The summed E-state index contributed by atoms with van der Waals surface area (Å²) in [5.74, 6) is -1.42. The van der Waals surface area contributed by atoms with Crippen LogP contribution >= 0.6 is 11.6 Å². The van der Waals surface area contributed by atoms with Crippen molar-refractivity contribution in [1.82, 2.24) is 0 Å². The summed E-state index contributed by atoms with van der Waals surface area (Å²) in [6.45, 7) is 3.16. The van der Waals surface area contributed by atoms with Gasteiger partial charge in [-0.1, -0.05) is 18.2 Å². The van der Waals surface area contributed by atoms with Gasteiger partial charge in [0, 0.05) is 10.6 Å². The largest absolute Gasteiger partial charge is 0.478 e. The molecular formula is C10H6ClF3O2. The Morgan fingerprint density at radius 2 is 1.94 bits per heavy atom. The maximum Gasteiger partial charge on any atom is 0.416 e. The van der Waals surface area contributed by atoms with Crippen LogP contribution in [0.5, 0.6) is 0 Å². The standard InChI is InChI=1S/C10H6ClF3O2/c1-5(9(15)16)7-4-6(10(12,13)14)2-3-8(7)11/h2-4H,1H2,(H,15,16). The van der Waals surface area contributed by atoms with Gasteiger partial charge in [0.05, 0.1) is 11.1 Å². The fraction of sp³-hybridized carbons (Fsp3) is 0.100. The molecule has 16 heavy (non-hydrogen) atoms. The molecule has 0 amide bonds. The molecule has 0 atom stereocenters. The molecule has 1 aromatic carbocycles. The minimum Gasteiger partial charge on any atom is -0.478 e. The Balaban J connectivity index is 3.30. The number of halogens is 4. The summed E-state index contributed by atoms with van der Waals surface area (Å²) >= 11 is 5.59. The molecule has 1 rings (SSSR count). The van der Waals surface area contributed by atoms with Crippen LogP contribution in [0.2, 0.25) is 5.02 Å². The number of benzene rings is 1. The lowest BCUT2D eigenvalue weighted by Gasteiger charge is -2.10. The van der Waals surface area contributed by atoms with E-state index in [0.29, 0.717) is 6.07 Å². The summed E-state index contributed by atoms with van der Waals surface area (Å²) in [6.07, 6.45) is -4.54. The van der Waals surface area contributed by atoms with E-state index >= 15 is 0 Å². The zero-order valence-corrected chi connectivity index (χ0v) is 8.56. The second kappa shape index (κ2) is 4.17. The Bertz CT molecular complexity index is 452. The van der Waals surface area contributed by atoms with Gasteiger partial charge in [0.1, 0.15) is 0 Å². The number of carboxylic acids is 1. The summed E-state index contributed by atoms with van der Waals surface area (Å²) in [5.41, 5.74) is -1.67. The van der Waals surface area contributed by atoms with Crippen LogP contribution in [-0.2, 0) is 11.0 Å². The third-order valence-corrected chi connectivity index (χ3v) is 2.21. The van der Waals surface area contributed by atoms with E-state index in [-0.39, 0.29) is 10.6 Å². The van der Waals surface area contributed by atoms with Gasteiger partial charge in [-0.05, 0) is 18.2 Å². The molecule has 0 saturated heterocycles. The first kappa shape index (κ1) is 12.6. The molecule has 1 aromatic rings. The van der Waals surface area contributed by atoms with E-state index in [1.54, 1.807) is 0 Å². The van der Waals surface area contributed by atoms with Crippen LogP contribution in [0.25, 0.3) is 5.57 Å². The average molecular weight is 251 g/mol. The van der Waals surface area contributed by atoms with E-state index in [4.69, 9.17) is 16.7 Å². The Hall–Kier alpha value is -1.49. The SMILES string of the molecule is C=C(C(=O)O)c1cc(C(F)(F)F)ccc1Cl. The molecule has 0 aromatic heterocycles. The van der Waals surface area contributed by atoms with Gasteiger partial charge in [0.2, 0.25) is 0 Å². The molecule has 0 aliphatic carbocycles. The fourth-order valence-electron chi connectivity index (χ4n) is 1.05. The normalized spacial score (nSPS) is 11.2. The highest BCUT2D eigenvalue weighted by Crippen LogP contribution is 2.33. The number of rotatable bonds is 2. The summed E-state index contributed by atoms with van der Waals surface area (Å²) in [5, 5.41) is 8.53. The van der Waals surface area contributed by atoms with Gasteiger partial charge in [-0.25, -0.2) is 4.79 Å². The summed E-state index contributed by atoms with van der Waals surface area (Å²) in [7, 11) is 0. The molecular weight excluding hydrogens is 245 g/mol. The lowest BCUT2D eigenvalue weighted by Crippen LogP contribution is -2.07. The molecule has 0 aliphatic rings. The average Bonchev–Trinajstić information content (AvgIpc) is 2.15. The number of alkyl halides is 3. The first-order valence-electron chi connectivity index (χ1n) is 4.03. The van der Waals surface area contributed by atoms with Crippen molar-refractivity contribution in [3.05, 3.63) is 40.9 Å². The molecule has 0 heterocycles. The number of aliphatic carboxylic acids is 1. The second-order valence-electron chi connectivity index (χ2n) is 2.98. The maximum absolute atomic E-state index is 12.3. The lowest BCUT2D eigenvalue weighted by molar-refractivity contribution is -0.137. The summed E-state index contributed by atoms with van der Waals surface area (Å²) in [6, 6.07) is 2.44. The van der Waals surface area contributed by atoms with Crippen LogP contribution in [0, 0.1) is 0 Å². The van der Waals surface area contributed by atoms with Crippen LogP contribution in [0.15, 0.2) is 24.8 Å². The Morgan fingerprint density at radius 3 is 2.38 bits per heavy atom. The van der Waals surface area contributed by atoms with E-state index in [0.717, 1.165) is 12.1 Å². The van der Waals surface area contributed by atoms with Crippen molar-refractivity contribution in [3.63, 3.8) is 0 Å². The lowest BCUT2D eigenvalue weighted by atomic mass is 10.0. The van der Waals surface area contributed by atoms with Gasteiger partial charge < -0.3 is 5.11 Å². The highest BCUT2D eigenvalue weighted by atomic mass is 35.5. The first-order chi connectivity index (χ1) is 7.23. The number of hydrogen-bond acceptors (Lipinski definition) is 1. The van der Waals surface area contributed by atoms with Gasteiger partial charge in [0.25, 0.3) is 0 Å². The van der Waals surface area contributed by atoms with E-state index in [1.165, 1.54) is 0 Å². The van der Waals surface area contributed by atoms with E-state index in [9.17, 15) is 18.0 Å². The van der Waals surface area contributed by atoms with Crippen LogP contribution in [0.4, 0.5) is 13.2 Å². The van der Waals surface area contributed by atoms with Crippen molar-refractivity contribution < 1.29 is 23.1 Å². The molecule has 6 heteroatoms. The fourth-order valence-corrected chi connectivity index (χ4v) is 1.28. The number of carboxylic acid groups (broad SMARTS) is 1. The van der Waals surface area contributed by atoms with Crippen molar-refractivity contribution in [2.75, 3.05) is 0 Å². The number of hydrogen-bond donors (Lipinski definition) is 1. The van der Waals surface area contributed by atoms with Crippen molar-refractivity contribution >= 4 is 23.1 Å². The van der Waals surface area contributed by atoms with E-state index in [1.807, 2.05) is 0 Å². The van der Waals surface area contributed by atoms with Crippen LogP contribution in [-0.4, -0.2) is 11.1 Å². The highest BCUT2D eigenvalue weighted by molar-refractivity contribution is 6.34. The highest BCUT2D eigenvalue weighted by Gasteiger charge is 2.31. The van der Waals surface area contributed by atoms with Crippen molar-refractivity contribution in [3.8, 4) is 0 Å². The Morgan fingerprint density at radius 1 is 1.38 bits per heavy atom. The smallest absolute Gasteiger partial charge is 0.416 e.